The molecule has 0 heterocycles. The van der Waals surface area contributed by atoms with E-state index in [1.807, 2.05) is 6.07 Å². The van der Waals surface area contributed by atoms with Crippen molar-refractivity contribution in [3.05, 3.63) is 47.8 Å². The summed E-state index contributed by atoms with van der Waals surface area (Å²) in [4.78, 5) is 4.55. The molecule has 0 bridgehead atoms. The maximum absolute atomic E-state index is 13.1. The minimum Gasteiger partial charge on any atom is -0.357 e. The number of guanidine groups is 1. The molecule has 1 aromatic carbocycles. The van der Waals surface area contributed by atoms with Crippen LogP contribution in [0.1, 0.15) is 25.3 Å². The number of nitrogens with zero attached hydrogens (tertiary/aromatic N) is 1. The topological polar surface area (TPSA) is 36.4 Å². The van der Waals surface area contributed by atoms with E-state index in [2.05, 4.69) is 34.7 Å². The molecule has 0 unspecified atom stereocenters. The lowest BCUT2D eigenvalue weighted by Crippen LogP contribution is -2.42. The van der Waals surface area contributed by atoms with Gasteiger partial charge in [-0.25, -0.2) is 4.39 Å². The van der Waals surface area contributed by atoms with Crippen LogP contribution in [-0.2, 0) is 6.42 Å². The van der Waals surface area contributed by atoms with Gasteiger partial charge in [0.15, 0.2) is 5.96 Å². The molecule has 4 heteroatoms. The van der Waals surface area contributed by atoms with Crippen LogP contribution in [0.4, 0.5) is 4.39 Å². The summed E-state index contributed by atoms with van der Waals surface area (Å²) >= 11 is 0. The van der Waals surface area contributed by atoms with Gasteiger partial charge in [0.05, 0.1) is 0 Å². The summed E-state index contributed by atoms with van der Waals surface area (Å²) in [5.41, 5.74) is 0.979. The van der Waals surface area contributed by atoms with Gasteiger partial charge in [-0.05, 0) is 43.9 Å². The van der Waals surface area contributed by atoms with Crippen molar-refractivity contribution in [1.29, 1.82) is 0 Å². The largest absolute Gasteiger partial charge is 0.357 e. The highest BCUT2D eigenvalue weighted by molar-refractivity contribution is 5.80. The second-order valence-electron chi connectivity index (χ2n) is 4.92. The first kappa shape index (κ1) is 14.6. The highest BCUT2D eigenvalue weighted by atomic mass is 19.1. The summed E-state index contributed by atoms with van der Waals surface area (Å²) < 4.78 is 13.1. The lowest BCUT2D eigenvalue weighted by Gasteiger charge is -2.16. The minimum atomic E-state index is -0.187. The zero-order valence-corrected chi connectivity index (χ0v) is 11.9. The number of hydrogen-bond acceptors (Lipinski definition) is 1. The van der Waals surface area contributed by atoms with Gasteiger partial charge in [-0.1, -0.05) is 24.3 Å². The highest BCUT2D eigenvalue weighted by Crippen LogP contribution is 2.09. The third-order valence-electron chi connectivity index (χ3n) is 3.25. The Hall–Kier alpha value is -1.84. The molecule has 0 saturated heterocycles. The molecule has 2 rings (SSSR count). The number of aliphatic imine (C=N–C) groups is 1. The first-order valence-electron chi connectivity index (χ1n) is 7.22. The Labute approximate surface area is 120 Å². The maximum Gasteiger partial charge on any atom is 0.191 e. The predicted octanol–water partition coefficient (Wildman–Crippen LogP) is 2.64. The number of rotatable bonds is 5. The Bertz CT molecular complexity index is 474. The van der Waals surface area contributed by atoms with Crippen LogP contribution >= 0.6 is 0 Å². The van der Waals surface area contributed by atoms with Crippen LogP contribution in [0.2, 0.25) is 0 Å². The van der Waals surface area contributed by atoms with Gasteiger partial charge in [0, 0.05) is 19.1 Å². The van der Waals surface area contributed by atoms with Gasteiger partial charge in [-0.15, -0.1) is 0 Å². The SMILES string of the molecule is CCNC(=NCCc1cccc(F)c1)NC1CC=CC1. The van der Waals surface area contributed by atoms with Crippen molar-refractivity contribution < 1.29 is 4.39 Å². The van der Waals surface area contributed by atoms with Crippen LogP contribution in [-0.4, -0.2) is 25.1 Å². The summed E-state index contributed by atoms with van der Waals surface area (Å²) in [6.45, 7) is 3.54. The number of benzene rings is 1. The maximum atomic E-state index is 13.1. The van der Waals surface area contributed by atoms with Crippen molar-refractivity contribution >= 4 is 5.96 Å². The fraction of sp³-hybridized carbons (Fsp3) is 0.438. The average Bonchev–Trinajstić information content (AvgIpc) is 2.92. The average molecular weight is 275 g/mol. The molecule has 20 heavy (non-hydrogen) atoms. The van der Waals surface area contributed by atoms with Crippen molar-refractivity contribution in [3.8, 4) is 0 Å². The molecule has 0 saturated carbocycles. The van der Waals surface area contributed by atoms with Crippen molar-refractivity contribution in [3.63, 3.8) is 0 Å². The summed E-state index contributed by atoms with van der Waals surface area (Å²) in [7, 11) is 0. The van der Waals surface area contributed by atoms with Gasteiger partial charge < -0.3 is 10.6 Å². The Morgan fingerprint density at radius 2 is 2.15 bits per heavy atom. The Balaban J connectivity index is 1.85. The molecule has 0 aliphatic heterocycles. The molecule has 1 aliphatic carbocycles. The summed E-state index contributed by atoms with van der Waals surface area (Å²) in [5.74, 6) is 0.658. The number of halogens is 1. The van der Waals surface area contributed by atoms with Gasteiger partial charge in [-0.2, -0.15) is 0 Å². The van der Waals surface area contributed by atoms with Gasteiger partial charge in [0.1, 0.15) is 5.82 Å². The Kier molecular flexibility index (Phi) is 5.59. The fourth-order valence-corrected chi connectivity index (χ4v) is 2.24. The van der Waals surface area contributed by atoms with Crippen molar-refractivity contribution in [1.82, 2.24) is 10.6 Å². The lowest BCUT2D eigenvalue weighted by atomic mass is 10.1. The first-order chi connectivity index (χ1) is 9.78. The normalized spacial score (nSPS) is 15.6. The standard InChI is InChI=1S/C16H22FN3/c1-2-18-16(20-15-8-3-4-9-15)19-11-10-13-6-5-7-14(17)12-13/h3-7,12,15H,2,8-11H2,1H3,(H2,18,19,20). The van der Waals surface area contributed by atoms with E-state index in [0.717, 1.165) is 37.3 Å². The zero-order chi connectivity index (χ0) is 14.2. The number of nitrogens with one attached hydrogen (secondary N) is 2. The molecule has 0 atom stereocenters. The molecule has 2 N–H and O–H groups in total. The van der Waals surface area contributed by atoms with Crippen molar-refractivity contribution in [2.45, 2.75) is 32.2 Å². The van der Waals surface area contributed by atoms with E-state index in [-0.39, 0.29) is 5.82 Å². The van der Waals surface area contributed by atoms with Gasteiger partial charge in [-0.3, -0.25) is 4.99 Å². The highest BCUT2D eigenvalue weighted by Gasteiger charge is 2.11. The quantitative estimate of drug-likeness (QED) is 0.492. The minimum absolute atomic E-state index is 0.187. The van der Waals surface area contributed by atoms with E-state index in [0.29, 0.717) is 12.6 Å². The molecule has 0 amide bonds. The predicted molar refractivity (Wildman–Crippen MR) is 81.4 cm³/mol. The molecule has 0 aromatic heterocycles. The van der Waals surface area contributed by atoms with E-state index in [4.69, 9.17) is 0 Å². The molecule has 0 spiro atoms. The molecular weight excluding hydrogens is 253 g/mol. The molecule has 1 aromatic rings. The van der Waals surface area contributed by atoms with Crippen LogP contribution in [0.5, 0.6) is 0 Å². The summed E-state index contributed by atoms with van der Waals surface area (Å²) in [5, 5.41) is 6.66. The molecule has 108 valence electrons. The fourth-order valence-electron chi connectivity index (χ4n) is 2.24. The Morgan fingerprint density at radius 3 is 2.85 bits per heavy atom. The van der Waals surface area contributed by atoms with Crippen LogP contribution in [0.15, 0.2) is 41.4 Å². The lowest BCUT2D eigenvalue weighted by molar-refractivity contribution is 0.625. The van der Waals surface area contributed by atoms with E-state index in [1.165, 1.54) is 6.07 Å². The Morgan fingerprint density at radius 1 is 1.35 bits per heavy atom. The number of hydrogen-bond donors (Lipinski definition) is 2. The summed E-state index contributed by atoms with van der Waals surface area (Å²) in [6, 6.07) is 7.14. The van der Waals surface area contributed by atoms with E-state index in [9.17, 15) is 4.39 Å². The van der Waals surface area contributed by atoms with Crippen LogP contribution in [0.25, 0.3) is 0 Å². The summed E-state index contributed by atoms with van der Waals surface area (Å²) in [6.07, 6.45) is 7.22. The van der Waals surface area contributed by atoms with Gasteiger partial charge in [0.2, 0.25) is 0 Å². The smallest absolute Gasteiger partial charge is 0.191 e. The van der Waals surface area contributed by atoms with Crippen LogP contribution in [0, 0.1) is 5.82 Å². The molecule has 0 fully saturated rings. The van der Waals surface area contributed by atoms with Crippen molar-refractivity contribution in [2.24, 2.45) is 4.99 Å². The van der Waals surface area contributed by atoms with Gasteiger partial charge >= 0.3 is 0 Å². The second kappa shape index (κ2) is 7.68. The second-order valence-corrected chi connectivity index (χ2v) is 4.92. The monoisotopic (exact) mass is 275 g/mol. The molecule has 3 nitrogen and oxygen atoms in total. The third kappa shape index (κ3) is 4.68. The molecule has 0 radical (unpaired) electrons. The van der Waals surface area contributed by atoms with Crippen molar-refractivity contribution in [2.75, 3.05) is 13.1 Å². The van der Waals surface area contributed by atoms with Crippen LogP contribution < -0.4 is 10.6 Å². The molecular formula is C16H22FN3. The first-order valence-corrected chi connectivity index (χ1v) is 7.22. The molecule has 1 aliphatic rings. The third-order valence-corrected chi connectivity index (χ3v) is 3.25. The zero-order valence-electron chi connectivity index (χ0n) is 11.9. The van der Waals surface area contributed by atoms with Crippen LogP contribution in [0.3, 0.4) is 0 Å². The van der Waals surface area contributed by atoms with E-state index >= 15 is 0 Å². The van der Waals surface area contributed by atoms with E-state index < -0.39 is 0 Å². The van der Waals surface area contributed by atoms with Gasteiger partial charge in [0.25, 0.3) is 0 Å². The van der Waals surface area contributed by atoms with E-state index in [1.54, 1.807) is 12.1 Å².